The largest absolute Gasteiger partial charge is 0.396 e. The molecule has 0 aliphatic carbocycles. The van der Waals surface area contributed by atoms with Gasteiger partial charge in [-0.3, -0.25) is 0 Å². The Hall–Kier alpha value is -1.64. The molecule has 1 fully saturated rings. The highest BCUT2D eigenvalue weighted by atomic mass is 16.3. The van der Waals surface area contributed by atoms with Crippen molar-refractivity contribution in [3.63, 3.8) is 0 Å². The van der Waals surface area contributed by atoms with Crippen molar-refractivity contribution in [2.45, 2.75) is 37.6 Å². The molecule has 122 valence electrons. The van der Waals surface area contributed by atoms with Crippen LogP contribution >= 0.6 is 0 Å². The molecule has 0 bridgehead atoms. The second-order valence-corrected chi connectivity index (χ2v) is 6.56. The van der Waals surface area contributed by atoms with Crippen LogP contribution in [0.4, 0.5) is 0 Å². The number of aliphatic hydroxyl groups is 1. The molecule has 2 aromatic carbocycles. The molecule has 0 radical (unpaired) electrons. The van der Waals surface area contributed by atoms with Gasteiger partial charge in [0.1, 0.15) is 0 Å². The predicted molar refractivity (Wildman–Crippen MR) is 95.6 cm³/mol. The third-order valence-electron chi connectivity index (χ3n) is 5.07. The number of hydrogen-bond donors (Lipinski definition) is 2. The van der Waals surface area contributed by atoms with E-state index in [1.54, 1.807) is 0 Å². The summed E-state index contributed by atoms with van der Waals surface area (Å²) >= 11 is 0. The highest BCUT2D eigenvalue weighted by Crippen LogP contribution is 2.35. The zero-order chi connectivity index (χ0) is 15.9. The molecule has 2 aromatic rings. The van der Waals surface area contributed by atoms with Crippen LogP contribution in [0.15, 0.2) is 60.7 Å². The van der Waals surface area contributed by atoms with Gasteiger partial charge in [0.25, 0.3) is 0 Å². The molecular weight excluding hydrogens is 282 g/mol. The smallest absolute Gasteiger partial charge is 0.0483 e. The first-order valence-corrected chi connectivity index (χ1v) is 8.84. The average Bonchev–Trinajstić information content (AvgIpc) is 2.90. The SMILES string of the molecule is OCC(C1CCCCCN1)C(c1ccccc1)c1ccccc1. The Balaban J connectivity index is 1.95. The van der Waals surface area contributed by atoms with E-state index in [1.807, 2.05) is 0 Å². The fourth-order valence-electron chi connectivity index (χ4n) is 3.89. The number of aliphatic hydroxyl groups excluding tert-OH is 1. The topological polar surface area (TPSA) is 32.3 Å². The lowest BCUT2D eigenvalue weighted by Gasteiger charge is -2.33. The fraction of sp³-hybridized carbons (Fsp3) is 0.429. The zero-order valence-corrected chi connectivity index (χ0v) is 13.7. The van der Waals surface area contributed by atoms with Crippen molar-refractivity contribution < 1.29 is 5.11 Å². The summed E-state index contributed by atoms with van der Waals surface area (Å²) < 4.78 is 0. The summed E-state index contributed by atoms with van der Waals surface area (Å²) in [6.45, 7) is 1.28. The van der Waals surface area contributed by atoms with E-state index in [0.29, 0.717) is 6.04 Å². The maximum absolute atomic E-state index is 10.2. The van der Waals surface area contributed by atoms with Gasteiger partial charge in [-0.25, -0.2) is 0 Å². The van der Waals surface area contributed by atoms with Gasteiger partial charge in [0.2, 0.25) is 0 Å². The van der Waals surface area contributed by atoms with Crippen LogP contribution in [0, 0.1) is 5.92 Å². The van der Waals surface area contributed by atoms with Gasteiger partial charge in [0.15, 0.2) is 0 Å². The molecule has 23 heavy (non-hydrogen) atoms. The van der Waals surface area contributed by atoms with Crippen molar-refractivity contribution in [1.29, 1.82) is 0 Å². The number of hydrogen-bond acceptors (Lipinski definition) is 2. The molecule has 0 saturated carbocycles. The summed E-state index contributed by atoms with van der Waals surface area (Å²) in [5.74, 6) is 0.441. The van der Waals surface area contributed by atoms with Gasteiger partial charge in [-0.1, -0.05) is 73.5 Å². The van der Waals surface area contributed by atoms with Crippen LogP contribution in [-0.4, -0.2) is 24.3 Å². The van der Waals surface area contributed by atoms with Gasteiger partial charge in [-0.05, 0) is 30.5 Å². The lowest BCUT2D eigenvalue weighted by Crippen LogP contribution is -2.40. The highest BCUT2D eigenvalue weighted by Gasteiger charge is 2.31. The van der Waals surface area contributed by atoms with E-state index in [-0.39, 0.29) is 18.4 Å². The van der Waals surface area contributed by atoms with Gasteiger partial charge >= 0.3 is 0 Å². The van der Waals surface area contributed by atoms with Crippen molar-refractivity contribution in [3.8, 4) is 0 Å². The Labute approximate surface area is 139 Å². The monoisotopic (exact) mass is 309 g/mol. The van der Waals surface area contributed by atoms with E-state index in [0.717, 1.165) is 13.0 Å². The summed E-state index contributed by atoms with van der Waals surface area (Å²) in [5, 5.41) is 13.9. The number of rotatable bonds is 5. The summed E-state index contributed by atoms with van der Waals surface area (Å²) in [6.07, 6.45) is 4.95. The summed E-state index contributed by atoms with van der Waals surface area (Å²) in [5.41, 5.74) is 2.59. The van der Waals surface area contributed by atoms with Gasteiger partial charge in [0.05, 0.1) is 0 Å². The lowest BCUT2D eigenvalue weighted by molar-refractivity contribution is 0.172. The Morgan fingerprint density at radius 1 is 0.870 bits per heavy atom. The molecule has 2 unspecified atom stereocenters. The van der Waals surface area contributed by atoms with Crippen LogP contribution in [0.3, 0.4) is 0 Å². The fourth-order valence-corrected chi connectivity index (χ4v) is 3.89. The van der Waals surface area contributed by atoms with Gasteiger partial charge in [-0.2, -0.15) is 0 Å². The molecule has 2 heteroatoms. The van der Waals surface area contributed by atoms with Gasteiger partial charge in [0, 0.05) is 24.5 Å². The van der Waals surface area contributed by atoms with Crippen molar-refractivity contribution >= 4 is 0 Å². The molecule has 1 heterocycles. The molecular formula is C21H27NO. The highest BCUT2D eigenvalue weighted by molar-refractivity contribution is 5.33. The third kappa shape index (κ3) is 4.01. The first kappa shape index (κ1) is 16.2. The first-order chi connectivity index (χ1) is 11.4. The van der Waals surface area contributed by atoms with Crippen LogP contribution in [0.2, 0.25) is 0 Å². The normalized spacial score (nSPS) is 20.2. The van der Waals surface area contributed by atoms with Gasteiger partial charge in [-0.15, -0.1) is 0 Å². The van der Waals surface area contributed by atoms with Crippen LogP contribution in [0.1, 0.15) is 42.7 Å². The Morgan fingerprint density at radius 2 is 1.48 bits per heavy atom. The average molecular weight is 309 g/mol. The minimum absolute atomic E-state index is 0.206. The number of benzene rings is 2. The molecule has 1 aliphatic rings. The second-order valence-electron chi connectivity index (χ2n) is 6.56. The molecule has 0 spiro atoms. The molecule has 2 N–H and O–H groups in total. The van der Waals surface area contributed by atoms with E-state index in [2.05, 4.69) is 66.0 Å². The van der Waals surface area contributed by atoms with E-state index >= 15 is 0 Å². The summed E-state index contributed by atoms with van der Waals surface area (Å²) in [6, 6.07) is 21.7. The van der Waals surface area contributed by atoms with Crippen LogP contribution in [0.5, 0.6) is 0 Å². The van der Waals surface area contributed by atoms with Crippen molar-refractivity contribution in [1.82, 2.24) is 5.32 Å². The van der Waals surface area contributed by atoms with Crippen LogP contribution in [-0.2, 0) is 0 Å². The molecule has 2 nitrogen and oxygen atoms in total. The molecule has 1 saturated heterocycles. The quantitative estimate of drug-likeness (QED) is 0.876. The van der Waals surface area contributed by atoms with Crippen molar-refractivity contribution in [2.24, 2.45) is 5.92 Å². The third-order valence-corrected chi connectivity index (χ3v) is 5.07. The Morgan fingerprint density at radius 3 is 2.04 bits per heavy atom. The Bertz CT molecular complexity index is 521. The zero-order valence-electron chi connectivity index (χ0n) is 13.7. The minimum atomic E-state index is 0.206. The minimum Gasteiger partial charge on any atom is -0.396 e. The van der Waals surface area contributed by atoms with Crippen molar-refractivity contribution in [3.05, 3.63) is 71.8 Å². The maximum atomic E-state index is 10.2. The van der Waals surface area contributed by atoms with E-state index in [9.17, 15) is 5.11 Å². The van der Waals surface area contributed by atoms with Crippen molar-refractivity contribution in [2.75, 3.05) is 13.2 Å². The predicted octanol–water partition coefficient (Wildman–Crippen LogP) is 3.96. The van der Waals surface area contributed by atoms with E-state index < -0.39 is 0 Å². The van der Waals surface area contributed by atoms with Gasteiger partial charge < -0.3 is 10.4 Å². The molecule has 0 aromatic heterocycles. The van der Waals surface area contributed by atoms with Crippen LogP contribution in [0.25, 0.3) is 0 Å². The second kappa shape index (κ2) is 8.28. The van der Waals surface area contributed by atoms with E-state index in [1.165, 1.54) is 30.4 Å². The van der Waals surface area contributed by atoms with E-state index in [4.69, 9.17) is 0 Å². The lowest BCUT2D eigenvalue weighted by atomic mass is 9.76. The first-order valence-electron chi connectivity index (χ1n) is 8.84. The summed E-state index contributed by atoms with van der Waals surface area (Å²) in [7, 11) is 0. The Kier molecular flexibility index (Phi) is 5.84. The summed E-state index contributed by atoms with van der Waals surface area (Å²) in [4.78, 5) is 0. The molecule has 1 aliphatic heterocycles. The molecule has 3 rings (SSSR count). The molecule has 0 amide bonds. The molecule has 2 atom stereocenters. The maximum Gasteiger partial charge on any atom is 0.0483 e. The number of nitrogens with one attached hydrogen (secondary N) is 1. The van der Waals surface area contributed by atoms with Crippen LogP contribution < -0.4 is 5.32 Å². The standard InChI is InChI=1S/C21H27NO/c23-16-19(20-14-8-3-9-15-22-20)21(17-10-4-1-5-11-17)18-12-6-2-7-13-18/h1-2,4-7,10-13,19-23H,3,8-9,14-16H2.